The summed E-state index contributed by atoms with van der Waals surface area (Å²) in [6.07, 6.45) is 14.9. The van der Waals surface area contributed by atoms with Crippen LogP contribution >= 0.6 is 24.9 Å². The lowest BCUT2D eigenvalue weighted by Crippen LogP contribution is -2.20. The summed E-state index contributed by atoms with van der Waals surface area (Å²) in [6, 6.07) is 31.4. The summed E-state index contributed by atoms with van der Waals surface area (Å²) in [7, 11) is -0.493. The van der Waals surface area contributed by atoms with Gasteiger partial charge in [-0.1, -0.05) is 137 Å². The van der Waals surface area contributed by atoms with Gasteiger partial charge in [0.25, 0.3) is 0 Å². The van der Waals surface area contributed by atoms with Gasteiger partial charge in [0.15, 0.2) is 11.6 Å². The number of ketones is 2. The van der Waals surface area contributed by atoms with Gasteiger partial charge in [0, 0.05) is 11.1 Å². The molecule has 0 radical (unpaired) electrons. The summed E-state index contributed by atoms with van der Waals surface area (Å²) in [5.41, 5.74) is 2.62. The maximum atomic E-state index is 10.9. The number of hydrogen-bond donors (Lipinski definition) is 0. The Hall–Kier alpha value is -2.61. The molecule has 40 heavy (non-hydrogen) atoms. The Kier molecular flexibility index (Phi) is 15.7. The fourth-order valence-corrected chi connectivity index (χ4v) is 7.05. The minimum absolute atomic E-state index is 0. The topological polar surface area (TPSA) is 34.1 Å². The van der Waals surface area contributed by atoms with E-state index < -0.39 is 7.92 Å². The predicted octanol–water partition coefficient (Wildman–Crippen LogP) is 8.74. The smallest absolute Gasteiger partial charge is 0.182 e. The molecule has 0 unspecified atom stereocenters. The summed E-state index contributed by atoms with van der Waals surface area (Å²) in [5, 5.41) is 4.32. The molecule has 4 rings (SSSR count). The average Bonchev–Trinajstić information content (AvgIpc) is 2.97. The van der Waals surface area contributed by atoms with Crippen molar-refractivity contribution < 1.29 is 9.59 Å². The highest BCUT2D eigenvalue weighted by Gasteiger charge is 2.16. The van der Waals surface area contributed by atoms with Gasteiger partial charge in [0.05, 0.1) is 0 Å². The normalized spacial score (nSPS) is 12.7. The number of benzene rings is 3. The van der Waals surface area contributed by atoms with Crippen LogP contribution in [0.2, 0.25) is 0 Å². The average molecular weight is 620 g/mol. The number of allylic oxidation sites excluding steroid dienone is 4. The predicted molar refractivity (Wildman–Crippen MR) is 179 cm³/mol. The van der Waals surface area contributed by atoms with Crippen LogP contribution in [-0.2, 0) is 16.0 Å². The molecule has 212 valence electrons. The Morgan fingerprint density at radius 3 is 1.50 bits per heavy atom. The molecular formula is C36H44BrO2P. The number of halogens is 1. The molecule has 0 fully saturated rings. The molecule has 3 aromatic rings. The van der Waals surface area contributed by atoms with E-state index in [4.69, 9.17) is 0 Å². The van der Waals surface area contributed by atoms with Crippen LogP contribution < -0.4 is 15.9 Å². The minimum Gasteiger partial charge on any atom is -0.290 e. The third-order valence-electron chi connectivity index (χ3n) is 7.20. The van der Waals surface area contributed by atoms with E-state index in [0.717, 1.165) is 0 Å². The van der Waals surface area contributed by atoms with Gasteiger partial charge in [0.2, 0.25) is 0 Å². The standard InChI is InChI=1S/C28H35P.C8H8O2.BrH/c1-2-3-4-5-6-7-8-11-17-25-18-16-23-28(24-25)29(26-19-12-9-13-20-26)27-21-14-10-15-22-27;1-5-6(2)8(10)4-3-7(5)9;/h9-10,12-16,18-24H,2-8,11,17H2,1H3;3-4H,1-2H3;1H. The Morgan fingerprint density at radius 1 is 0.550 bits per heavy atom. The third kappa shape index (κ3) is 10.8. The van der Waals surface area contributed by atoms with Crippen LogP contribution in [0.1, 0.15) is 77.7 Å². The lowest BCUT2D eigenvalue weighted by Gasteiger charge is -2.20. The number of carbonyl (C=O) groups excluding carboxylic acids is 2. The van der Waals surface area contributed by atoms with Crippen molar-refractivity contribution >= 4 is 52.4 Å². The van der Waals surface area contributed by atoms with Crippen LogP contribution in [0.25, 0.3) is 0 Å². The molecule has 0 aliphatic heterocycles. The molecule has 0 spiro atoms. The van der Waals surface area contributed by atoms with Crippen molar-refractivity contribution in [2.45, 2.75) is 78.6 Å². The Labute approximate surface area is 253 Å². The van der Waals surface area contributed by atoms with Crippen molar-refractivity contribution in [1.29, 1.82) is 0 Å². The van der Waals surface area contributed by atoms with Crippen LogP contribution in [0.5, 0.6) is 0 Å². The largest absolute Gasteiger partial charge is 0.290 e. The van der Waals surface area contributed by atoms with Crippen molar-refractivity contribution in [1.82, 2.24) is 0 Å². The number of hydrogen-bond acceptors (Lipinski definition) is 2. The SMILES string of the molecule is Br.CC1=C(C)C(=O)C=CC1=O.CCCCCCCCCCc1cccc(P(c2ccccc2)c2ccccc2)c1. The molecule has 1 aliphatic rings. The van der Waals surface area contributed by atoms with Crippen LogP contribution in [-0.4, -0.2) is 11.6 Å². The zero-order valence-corrected chi connectivity index (χ0v) is 26.9. The van der Waals surface area contributed by atoms with E-state index in [9.17, 15) is 9.59 Å². The molecule has 0 bridgehead atoms. The van der Waals surface area contributed by atoms with Gasteiger partial charge in [-0.15, -0.1) is 17.0 Å². The van der Waals surface area contributed by atoms with Crippen LogP contribution in [0.3, 0.4) is 0 Å². The van der Waals surface area contributed by atoms with Gasteiger partial charge in [0.1, 0.15) is 0 Å². The lowest BCUT2D eigenvalue weighted by molar-refractivity contribution is -0.115. The maximum absolute atomic E-state index is 10.9. The molecule has 0 amide bonds. The van der Waals surface area contributed by atoms with Crippen molar-refractivity contribution in [3.8, 4) is 0 Å². The fraction of sp³-hybridized carbons (Fsp3) is 0.333. The monoisotopic (exact) mass is 618 g/mol. The molecule has 1 aliphatic carbocycles. The summed E-state index contributed by atoms with van der Waals surface area (Å²) < 4.78 is 0. The highest BCUT2D eigenvalue weighted by atomic mass is 79.9. The van der Waals surface area contributed by atoms with Crippen molar-refractivity contribution in [3.05, 3.63) is 114 Å². The van der Waals surface area contributed by atoms with Crippen LogP contribution in [0.4, 0.5) is 0 Å². The fourth-order valence-electron chi connectivity index (χ4n) is 4.69. The zero-order chi connectivity index (χ0) is 27.9. The van der Waals surface area contributed by atoms with E-state index in [0.29, 0.717) is 11.1 Å². The van der Waals surface area contributed by atoms with E-state index in [1.54, 1.807) is 13.8 Å². The summed E-state index contributed by atoms with van der Waals surface area (Å²) in [4.78, 5) is 21.7. The molecular weight excluding hydrogens is 575 g/mol. The van der Waals surface area contributed by atoms with Crippen LogP contribution in [0, 0.1) is 0 Å². The summed E-state index contributed by atoms with van der Waals surface area (Å²) in [5.74, 6) is -0.116. The van der Waals surface area contributed by atoms with E-state index in [1.165, 1.54) is 91.4 Å². The zero-order valence-electron chi connectivity index (χ0n) is 24.3. The molecule has 0 N–H and O–H groups in total. The number of carbonyl (C=O) groups is 2. The third-order valence-corrected chi connectivity index (χ3v) is 9.63. The second-order valence-corrected chi connectivity index (χ2v) is 12.4. The molecule has 3 aromatic carbocycles. The van der Waals surface area contributed by atoms with E-state index in [1.807, 2.05) is 0 Å². The molecule has 0 saturated heterocycles. The number of unbranched alkanes of at least 4 members (excludes halogenated alkanes) is 7. The first-order valence-electron chi connectivity index (χ1n) is 14.4. The quantitative estimate of drug-likeness (QED) is 0.115. The Bertz CT molecular complexity index is 1180. The molecule has 0 saturated carbocycles. The second-order valence-electron chi connectivity index (χ2n) is 10.2. The Balaban J connectivity index is 0.000000431. The van der Waals surface area contributed by atoms with Gasteiger partial charge in [-0.05, 0) is 68.2 Å². The molecule has 0 aromatic heterocycles. The Morgan fingerprint density at radius 2 is 1.00 bits per heavy atom. The summed E-state index contributed by atoms with van der Waals surface area (Å²) in [6.45, 7) is 5.62. The van der Waals surface area contributed by atoms with Crippen molar-refractivity contribution in [3.63, 3.8) is 0 Å². The first-order valence-corrected chi connectivity index (χ1v) is 15.8. The van der Waals surface area contributed by atoms with Gasteiger partial charge < -0.3 is 0 Å². The van der Waals surface area contributed by atoms with E-state index in [-0.39, 0.29) is 28.5 Å². The first-order chi connectivity index (χ1) is 19.0. The lowest BCUT2D eigenvalue weighted by atomic mass is 9.98. The second kappa shape index (κ2) is 18.7. The van der Waals surface area contributed by atoms with Crippen molar-refractivity contribution in [2.75, 3.05) is 0 Å². The highest BCUT2D eigenvalue weighted by Crippen LogP contribution is 2.33. The molecule has 0 atom stereocenters. The summed E-state index contributed by atoms with van der Waals surface area (Å²) >= 11 is 0. The van der Waals surface area contributed by atoms with Crippen LogP contribution in [0.15, 0.2) is 108 Å². The maximum Gasteiger partial charge on any atom is 0.182 e. The van der Waals surface area contributed by atoms with Gasteiger partial charge in [-0.3, -0.25) is 9.59 Å². The van der Waals surface area contributed by atoms with Gasteiger partial charge in [-0.25, -0.2) is 0 Å². The minimum atomic E-state index is -0.493. The van der Waals surface area contributed by atoms with Gasteiger partial charge in [-0.2, -0.15) is 0 Å². The highest BCUT2D eigenvalue weighted by molar-refractivity contribution is 8.93. The number of rotatable bonds is 12. The van der Waals surface area contributed by atoms with Crippen molar-refractivity contribution in [2.24, 2.45) is 0 Å². The molecule has 0 heterocycles. The van der Waals surface area contributed by atoms with E-state index in [2.05, 4.69) is 91.9 Å². The number of aryl methyl sites for hydroxylation is 1. The first kappa shape index (κ1) is 33.6. The molecule has 2 nitrogen and oxygen atoms in total. The van der Waals surface area contributed by atoms with Gasteiger partial charge >= 0.3 is 0 Å². The molecule has 4 heteroatoms. The van der Waals surface area contributed by atoms with E-state index >= 15 is 0 Å².